The summed E-state index contributed by atoms with van der Waals surface area (Å²) in [5, 5.41) is 3.29. The molecule has 0 N–H and O–H groups in total. The van der Waals surface area contributed by atoms with Crippen molar-refractivity contribution in [2.75, 3.05) is 0 Å². The van der Waals surface area contributed by atoms with Crippen molar-refractivity contribution < 1.29 is 0 Å². The Morgan fingerprint density at radius 1 is 0.893 bits per heavy atom. The van der Waals surface area contributed by atoms with Crippen LogP contribution in [-0.2, 0) is 5.41 Å². The predicted octanol–water partition coefficient (Wildman–Crippen LogP) is 7.68. The molecule has 1 heterocycles. The molecule has 1 aromatic heterocycles. The van der Waals surface area contributed by atoms with Gasteiger partial charge in [0.15, 0.2) is 0 Å². The molecule has 1 aliphatic carbocycles. The molecule has 3 aromatic carbocycles. The Bertz CT molecular complexity index is 1260. The minimum absolute atomic E-state index is 0.0722. The summed E-state index contributed by atoms with van der Waals surface area (Å²) >= 11 is 6.34. The summed E-state index contributed by atoms with van der Waals surface area (Å²) in [6.45, 7) is 11.3. The highest BCUT2D eigenvalue weighted by atomic mass is 35.5. The molecule has 138 valence electrons. The van der Waals surface area contributed by atoms with E-state index < -0.39 is 0 Å². The van der Waals surface area contributed by atoms with Crippen LogP contribution >= 0.6 is 11.6 Å². The van der Waals surface area contributed by atoms with E-state index in [0.29, 0.717) is 0 Å². The number of rotatable bonds is 2. The average molecular weight is 384 g/mol. The van der Waals surface area contributed by atoms with Crippen molar-refractivity contribution >= 4 is 44.7 Å². The standard InChI is InChI=1S/C26H22ClN/c1-16-25(21-14-13-18(27)15-22(21)26(16,3)4)17(2)28-23-11-7-5-9-19(23)20-10-6-8-12-24(20)28/h5-15H,2H2,1,3-4H3. The van der Waals surface area contributed by atoms with Gasteiger partial charge in [-0.3, -0.25) is 0 Å². The Morgan fingerprint density at radius 2 is 1.46 bits per heavy atom. The van der Waals surface area contributed by atoms with E-state index in [1.165, 1.54) is 44.1 Å². The molecule has 1 aliphatic rings. The molecule has 2 heteroatoms. The second kappa shape index (κ2) is 5.86. The van der Waals surface area contributed by atoms with Crippen LogP contribution in [0.3, 0.4) is 0 Å². The lowest BCUT2D eigenvalue weighted by Crippen LogP contribution is -2.15. The van der Waals surface area contributed by atoms with Gasteiger partial charge < -0.3 is 4.57 Å². The van der Waals surface area contributed by atoms with Crippen LogP contribution < -0.4 is 0 Å². The lowest BCUT2D eigenvalue weighted by atomic mass is 9.82. The summed E-state index contributed by atoms with van der Waals surface area (Å²) < 4.78 is 2.31. The van der Waals surface area contributed by atoms with Gasteiger partial charge in [-0.25, -0.2) is 0 Å². The maximum absolute atomic E-state index is 6.34. The molecule has 0 saturated carbocycles. The zero-order chi connectivity index (χ0) is 19.6. The molecule has 0 atom stereocenters. The SMILES string of the molecule is C=C(C1=C(C)C(C)(C)c2cc(Cl)ccc21)n1c2ccccc2c2ccccc21. The monoisotopic (exact) mass is 383 g/mol. The van der Waals surface area contributed by atoms with E-state index in [1.807, 2.05) is 6.07 Å². The lowest BCUT2D eigenvalue weighted by Gasteiger charge is -2.22. The molecule has 0 radical (unpaired) electrons. The van der Waals surface area contributed by atoms with E-state index in [2.05, 4.69) is 92.6 Å². The Morgan fingerprint density at radius 3 is 2.07 bits per heavy atom. The number of hydrogen-bond acceptors (Lipinski definition) is 0. The molecule has 0 saturated heterocycles. The number of aromatic nitrogens is 1. The quantitative estimate of drug-likeness (QED) is 0.334. The van der Waals surface area contributed by atoms with Crippen LogP contribution in [0.5, 0.6) is 0 Å². The molecule has 5 rings (SSSR count). The van der Waals surface area contributed by atoms with Crippen LogP contribution in [0.15, 0.2) is 78.9 Å². The maximum atomic E-state index is 6.34. The van der Waals surface area contributed by atoms with Gasteiger partial charge in [0.2, 0.25) is 0 Å². The summed E-state index contributed by atoms with van der Waals surface area (Å²) in [7, 11) is 0. The van der Waals surface area contributed by atoms with Crippen LogP contribution in [0.25, 0.3) is 33.1 Å². The van der Waals surface area contributed by atoms with E-state index in [-0.39, 0.29) is 5.41 Å². The van der Waals surface area contributed by atoms with Gasteiger partial charge in [0.1, 0.15) is 0 Å². The van der Waals surface area contributed by atoms with Crippen molar-refractivity contribution in [3.05, 3.63) is 95.0 Å². The van der Waals surface area contributed by atoms with E-state index in [9.17, 15) is 0 Å². The number of nitrogens with zero attached hydrogens (tertiary/aromatic N) is 1. The lowest BCUT2D eigenvalue weighted by molar-refractivity contribution is 0.639. The minimum atomic E-state index is -0.0722. The molecular weight excluding hydrogens is 362 g/mol. The van der Waals surface area contributed by atoms with Gasteiger partial charge in [0.05, 0.1) is 11.0 Å². The second-order valence-electron chi connectivity index (χ2n) is 8.13. The summed E-state index contributed by atoms with van der Waals surface area (Å²) in [4.78, 5) is 0. The highest BCUT2D eigenvalue weighted by Crippen LogP contribution is 2.50. The van der Waals surface area contributed by atoms with Crippen molar-refractivity contribution in [2.45, 2.75) is 26.2 Å². The molecule has 28 heavy (non-hydrogen) atoms. The van der Waals surface area contributed by atoms with Crippen molar-refractivity contribution in [2.24, 2.45) is 0 Å². The topological polar surface area (TPSA) is 4.93 Å². The molecule has 0 bridgehead atoms. The zero-order valence-corrected chi connectivity index (χ0v) is 17.1. The van der Waals surface area contributed by atoms with Crippen molar-refractivity contribution in [1.29, 1.82) is 0 Å². The van der Waals surface area contributed by atoms with E-state index in [1.54, 1.807) is 0 Å². The maximum Gasteiger partial charge on any atom is 0.0541 e. The number of fused-ring (bicyclic) bond motifs is 4. The first-order valence-corrected chi connectivity index (χ1v) is 9.98. The van der Waals surface area contributed by atoms with Crippen LogP contribution in [-0.4, -0.2) is 4.57 Å². The highest BCUT2D eigenvalue weighted by molar-refractivity contribution is 6.30. The van der Waals surface area contributed by atoms with Crippen molar-refractivity contribution in [1.82, 2.24) is 4.57 Å². The van der Waals surface area contributed by atoms with Gasteiger partial charge >= 0.3 is 0 Å². The van der Waals surface area contributed by atoms with Gasteiger partial charge in [-0.15, -0.1) is 0 Å². The fraction of sp³-hybridized carbons (Fsp3) is 0.154. The van der Waals surface area contributed by atoms with Gasteiger partial charge in [0.25, 0.3) is 0 Å². The van der Waals surface area contributed by atoms with Gasteiger partial charge in [0, 0.05) is 32.5 Å². The average Bonchev–Trinajstić information content (AvgIpc) is 3.12. The first-order chi connectivity index (χ1) is 13.4. The Kier molecular flexibility index (Phi) is 3.63. The first-order valence-electron chi connectivity index (χ1n) is 9.61. The molecule has 0 amide bonds. The van der Waals surface area contributed by atoms with Crippen LogP contribution in [0, 0.1) is 0 Å². The number of hydrogen-bond donors (Lipinski definition) is 0. The summed E-state index contributed by atoms with van der Waals surface area (Å²) in [6, 6.07) is 23.4. The summed E-state index contributed by atoms with van der Waals surface area (Å²) in [5.41, 5.74) is 8.39. The van der Waals surface area contributed by atoms with Crippen LogP contribution in [0.4, 0.5) is 0 Å². The molecule has 0 spiro atoms. The van der Waals surface area contributed by atoms with Gasteiger partial charge in [-0.1, -0.05) is 80.1 Å². The van der Waals surface area contributed by atoms with Gasteiger partial charge in [-0.05, 0) is 42.3 Å². The zero-order valence-electron chi connectivity index (χ0n) is 16.4. The summed E-state index contributed by atoms with van der Waals surface area (Å²) in [5.74, 6) is 0. The third kappa shape index (κ3) is 2.20. The smallest absolute Gasteiger partial charge is 0.0541 e. The van der Waals surface area contributed by atoms with E-state index in [4.69, 9.17) is 11.6 Å². The number of benzene rings is 3. The normalized spacial score (nSPS) is 15.4. The molecule has 1 nitrogen and oxygen atoms in total. The highest BCUT2D eigenvalue weighted by Gasteiger charge is 2.37. The fourth-order valence-electron chi connectivity index (χ4n) is 4.67. The van der Waals surface area contributed by atoms with Crippen molar-refractivity contribution in [3.8, 4) is 0 Å². The predicted molar refractivity (Wildman–Crippen MR) is 122 cm³/mol. The molecule has 0 fully saturated rings. The molecule has 4 aromatic rings. The molecule has 0 aliphatic heterocycles. The largest absolute Gasteiger partial charge is 0.309 e. The second-order valence-corrected chi connectivity index (χ2v) is 8.57. The Hall–Kier alpha value is -2.77. The molecular formula is C26H22ClN. The molecule has 0 unspecified atom stereocenters. The van der Waals surface area contributed by atoms with E-state index >= 15 is 0 Å². The van der Waals surface area contributed by atoms with E-state index in [0.717, 1.165) is 10.7 Å². The fourth-order valence-corrected chi connectivity index (χ4v) is 4.84. The Balaban J connectivity index is 1.83. The number of halogens is 1. The van der Waals surface area contributed by atoms with Gasteiger partial charge in [-0.2, -0.15) is 0 Å². The third-order valence-electron chi connectivity index (χ3n) is 6.38. The van der Waals surface area contributed by atoms with Crippen LogP contribution in [0.1, 0.15) is 31.9 Å². The third-order valence-corrected chi connectivity index (χ3v) is 6.61. The number of allylic oxidation sites excluding steroid dienone is 3. The first kappa shape index (κ1) is 17.3. The number of para-hydroxylation sites is 2. The van der Waals surface area contributed by atoms with Crippen molar-refractivity contribution in [3.63, 3.8) is 0 Å². The minimum Gasteiger partial charge on any atom is -0.309 e. The van der Waals surface area contributed by atoms with Crippen LogP contribution in [0.2, 0.25) is 5.02 Å². The Labute approximate surface area is 170 Å². The summed E-state index contributed by atoms with van der Waals surface area (Å²) in [6.07, 6.45) is 0.